The van der Waals surface area contributed by atoms with Gasteiger partial charge in [-0.25, -0.2) is 15.0 Å². The SMILES string of the molecule is Fc1cc(N2CCN(c3nccs3)CC2)ncn1. The van der Waals surface area contributed by atoms with Crippen molar-refractivity contribution < 1.29 is 4.39 Å². The summed E-state index contributed by atoms with van der Waals surface area (Å²) in [7, 11) is 0. The predicted molar refractivity (Wildman–Crippen MR) is 68.5 cm³/mol. The second-order valence-electron chi connectivity index (χ2n) is 3.99. The van der Waals surface area contributed by atoms with Gasteiger partial charge in [-0.2, -0.15) is 4.39 Å². The minimum absolute atomic E-state index is 0.484. The zero-order valence-electron chi connectivity index (χ0n) is 9.66. The predicted octanol–water partition coefficient (Wildman–Crippen LogP) is 1.40. The van der Waals surface area contributed by atoms with Gasteiger partial charge in [0.1, 0.15) is 12.1 Å². The highest BCUT2D eigenvalue weighted by molar-refractivity contribution is 7.13. The first kappa shape index (κ1) is 11.3. The summed E-state index contributed by atoms with van der Waals surface area (Å²) in [5, 5.41) is 3.02. The van der Waals surface area contributed by atoms with Crippen molar-refractivity contribution in [1.29, 1.82) is 0 Å². The Morgan fingerprint density at radius 3 is 2.50 bits per heavy atom. The van der Waals surface area contributed by atoms with Crippen LogP contribution in [0, 0.1) is 5.95 Å². The molecule has 0 atom stereocenters. The van der Waals surface area contributed by atoms with E-state index in [1.54, 1.807) is 11.3 Å². The van der Waals surface area contributed by atoms with Crippen molar-refractivity contribution in [2.75, 3.05) is 36.0 Å². The molecule has 1 aliphatic heterocycles. The van der Waals surface area contributed by atoms with Crippen LogP contribution in [0.25, 0.3) is 0 Å². The standard InChI is InChI=1S/C11H12FN5S/c12-9-7-10(15-8-14-9)16-2-4-17(5-3-16)11-13-1-6-18-11/h1,6-8H,2-5H2. The number of thiazole rings is 1. The van der Waals surface area contributed by atoms with Gasteiger partial charge in [-0.15, -0.1) is 11.3 Å². The highest BCUT2D eigenvalue weighted by Gasteiger charge is 2.19. The third-order valence-corrected chi connectivity index (χ3v) is 3.74. The van der Waals surface area contributed by atoms with Crippen molar-refractivity contribution in [3.63, 3.8) is 0 Å². The zero-order chi connectivity index (χ0) is 12.4. The third-order valence-electron chi connectivity index (χ3n) is 2.91. The first-order valence-corrected chi connectivity index (χ1v) is 6.58. The zero-order valence-corrected chi connectivity index (χ0v) is 10.5. The molecule has 0 amide bonds. The molecule has 0 bridgehead atoms. The Hall–Kier alpha value is -1.76. The average Bonchev–Trinajstić information content (AvgIpc) is 2.93. The number of aromatic nitrogens is 3. The molecule has 94 valence electrons. The molecular formula is C11H12FN5S. The van der Waals surface area contributed by atoms with Gasteiger partial charge in [0.15, 0.2) is 5.13 Å². The van der Waals surface area contributed by atoms with E-state index < -0.39 is 5.95 Å². The van der Waals surface area contributed by atoms with Gasteiger partial charge >= 0.3 is 0 Å². The second-order valence-corrected chi connectivity index (χ2v) is 4.86. The molecule has 1 fully saturated rings. The van der Waals surface area contributed by atoms with Crippen molar-refractivity contribution in [1.82, 2.24) is 15.0 Å². The Labute approximate surface area is 108 Å². The van der Waals surface area contributed by atoms with E-state index in [0.29, 0.717) is 5.82 Å². The first-order valence-electron chi connectivity index (χ1n) is 5.70. The van der Waals surface area contributed by atoms with E-state index in [2.05, 4.69) is 24.8 Å². The molecule has 3 heterocycles. The van der Waals surface area contributed by atoms with Crippen molar-refractivity contribution >= 4 is 22.3 Å². The van der Waals surface area contributed by atoms with Gasteiger partial charge in [-0.1, -0.05) is 0 Å². The Balaban J connectivity index is 1.67. The van der Waals surface area contributed by atoms with Crippen LogP contribution in [0.3, 0.4) is 0 Å². The van der Waals surface area contributed by atoms with Gasteiger partial charge in [0.25, 0.3) is 0 Å². The molecule has 2 aromatic heterocycles. The fraction of sp³-hybridized carbons (Fsp3) is 0.364. The summed E-state index contributed by atoms with van der Waals surface area (Å²) in [5.41, 5.74) is 0. The van der Waals surface area contributed by atoms with Crippen LogP contribution < -0.4 is 9.80 Å². The van der Waals surface area contributed by atoms with E-state index in [0.717, 1.165) is 31.3 Å². The number of piperazine rings is 1. The quantitative estimate of drug-likeness (QED) is 0.768. The molecule has 0 saturated carbocycles. The van der Waals surface area contributed by atoms with E-state index in [1.165, 1.54) is 12.4 Å². The highest BCUT2D eigenvalue weighted by Crippen LogP contribution is 2.20. The molecule has 0 aromatic carbocycles. The minimum atomic E-state index is -0.484. The Morgan fingerprint density at radius 2 is 1.83 bits per heavy atom. The van der Waals surface area contributed by atoms with Crippen LogP contribution in [0.1, 0.15) is 0 Å². The molecule has 1 aliphatic rings. The maximum absolute atomic E-state index is 13.0. The summed E-state index contributed by atoms with van der Waals surface area (Å²) in [6.45, 7) is 3.38. The van der Waals surface area contributed by atoms with Crippen molar-refractivity contribution in [2.24, 2.45) is 0 Å². The summed E-state index contributed by atoms with van der Waals surface area (Å²) in [6.07, 6.45) is 3.07. The molecule has 5 nitrogen and oxygen atoms in total. The number of hydrogen-bond donors (Lipinski definition) is 0. The van der Waals surface area contributed by atoms with Gasteiger partial charge in [0.05, 0.1) is 0 Å². The summed E-state index contributed by atoms with van der Waals surface area (Å²) in [5.74, 6) is 0.170. The van der Waals surface area contributed by atoms with Crippen LogP contribution in [-0.4, -0.2) is 41.1 Å². The summed E-state index contributed by atoms with van der Waals surface area (Å²) >= 11 is 1.64. The lowest BCUT2D eigenvalue weighted by atomic mass is 10.3. The summed E-state index contributed by atoms with van der Waals surface area (Å²) in [6, 6.07) is 1.37. The third kappa shape index (κ3) is 2.26. The molecule has 2 aromatic rings. The van der Waals surface area contributed by atoms with Crippen LogP contribution in [0.4, 0.5) is 15.3 Å². The fourth-order valence-electron chi connectivity index (χ4n) is 2.00. The van der Waals surface area contributed by atoms with Gasteiger partial charge in [0, 0.05) is 43.8 Å². The largest absolute Gasteiger partial charge is 0.353 e. The number of nitrogens with zero attached hydrogens (tertiary/aromatic N) is 5. The van der Waals surface area contributed by atoms with Crippen LogP contribution in [0.2, 0.25) is 0 Å². The van der Waals surface area contributed by atoms with Crippen molar-refractivity contribution in [3.8, 4) is 0 Å². The number of halogens is 1. The van der Waals surface area contributed by atoms with Crippen molar-refractivity contribution in [2.45, 2.75) is 0 Å². The van der Waals surface area contributed by atoms with E-state index in [9.17, 15) is 4.39 Å². The van der Waals surface area contributed by atoms with Gasteiger partial charge < -0.3 is 9.80 Å². The highest BCUT2D eigenvalue weighted by atomic mass is 32.1. The molecule has 7 heteroatoms. The first-order chi connectivity index (χ1) is 8.83. The molecular weight excluding hydrogens is 253 g/mol. The monoisotopic (exact) mass is 265 g/mol. The molecule has 18 heavy (non-hydrogen) atoms. The lowest BCUT2D eigenvalue weighted by molar-refractivity contribution is 0.574. The lowest BCUT2D eigenvalue weighted by Crippen LogP contribution is -2.46. The Bertz CT molecular complexity index is 510. The number of hydrogen-bond acceptors (Lipinski definition) is 6. The molecule has 0 radical (unpaired) electrons. The normalized spacial score (nSPS) is 16.1. The molecule has 3 rings (SSSR count). The second kappa shape index (κ2) is 4.85. The summed E-state index contributed by atoms with van der Waals surface area (Å²) < 4.78 is 13.0. The van der Waals surface area contributed by atoms with E-state index in [4.69, 9.17) is 0 Å². The van der Waals surface area contributed by atoms with Gasteiger partial charge in [-0.05, 0) is 0 Å². The average molecular weight is 265 g/mol. The van der Waals surface area contributed by atoms with E-state index in [-0.39, 0.29) is 0 Å². The van der Waals surface area contributed by atoms with Crippen LogP contribution in [0.15, 0.2) is 24.0 Å². The number of rotatable bonds is 2. The molecule has 0 aliphatic carbocycles. The summed E-state index contributed by atoms with van der Waals surface area (Å²) in [4.78, 5) is 16.2. The van der Waals surface area contributed by atoms with Crippen LogP contribution in [0.5, 0.6) is 0 Å². The van der Waals surface area contributed by atoms with E-state index >= 15 is 0 Å². The van der Waals surface area contributed by atoms with Gasteiger partial charge in [0.2, 0.25) is 5.95 Å². The Morgan fingerprint density at radius 1 is 1.06 bits per heavy atom. The molecule has 0 unspecified atom stereocenters. The maximum atomic E-state index is 13.0. The fourth-order valence-corrected chi connectivity index (χ4v) is 2.69. The minimum Gasteiger partial charge on any atom is -0.353 e. The molecule has 1 saturated heterocycles. The van der Waals surface area contributed by atoms with Crippen molar-refractivity contribution in [3.05, 3.63) is 29.9 Å². The smallest absolute Gasteiger partial charge is 0.218 e. The lowest BCUT2D eigenvalue weighted by Gasteiger charge is -2.35. The molecule has 0 N–H and O–H groups in total. The maximum Gasteiger partial charge on any atom is 0.218 e. The van der Waals surface area contributed by atoms with Crippen LogP contribution >= 0.6 is 11.3 Å². The number of anilines is 2. The van der Waals surface area contributed by atoms with Gasteiger partial charge in [-0.3, -0.25) is 0 Å². The topological polar surface area (TPSA) is 45.2 Å². The van der Waals surface area contributed by atoms with E-state index in [1.807, 2.05) is 11.6 Å². The Kier molecular flexibility index (Phi) is 3.06. The molecule has 0 spiro atoms. The van der Waals surface area contributed by atoms with Crippen LogP contribution in [-0.2, 0) is 0 Å².